The van der Waals surface area contributed by atoms with Crippen LogP contribution in [0.25, 0.3) is 0 Å². The van der Waals surface area contributed by atoms with Crippen molar-refractivity contribution in [1.82, 2.24) is 4.98 Å². The number of rotatable bonds is 3. The lowest BCUT2D eigenvalue weighted by Crippen LogP contribution is -2.42. The average molecular weight is 301 g/mol. The fourth-order valence-electron chi connectivity index (χ4n) is 2.38. The number of aldehydes is 1. The summed E-state index contributed by atoms with van der Waals surface area (Å²) < 4.78 is 38.3. The Hall–Kier alpha value is -2.12. The van der Waals surface area contributed by atoms with Gasteiger partial charge in [-0.25, -0.2) is 4.98 Å². The van der Waals surface area contributed by atoms with E-state index < -0.39 is 23.8 Å². The number of primary amides is 1. The highest BCUT2D eigenvalue weighted by molar-refractivity contribution is 5.98. The smallest absolute Gasteiger partial charge is 0.365 e. The van der Waals surface area contributed by atoms with Crippen molar-refractivity contribution < 1.29 is 22.8 Å². The Kier molecular flexibility index (Phi) is 4.15. The predicted molar refractivity (Wildman–Crippen MR) is 68.8 cm³/mol. The Balaban J connectivity index is 2.52. The summed E-state index contributed by atoms with van der Waals surface area (Å²) in [7, 11) is 0. The second kappa shape index (κ2) is 5.71. The molecular weight excluding hydrogens is 287 g/mol. The van der Waals surface area contributed by atoms with E-state index >= 15 is 0 Å². The molecule has 5 nitrogen and oxygen atoms in total. The fraction of sp³-hybridized carbons (Fsp3) is 0.462. The van der Waals surface area contributed by atoms with Crippen LogP contribution in [0.2, 0.25) is 0 Å². The lowest BCUT2D eigenvalue weighted by atomic mass is 10.0. The highest BCUT2D eigenvalue weighted by Crippen LogP contribution is 2.32. The molecule has 2 heterocycles. The van der Waals surface area contributed by atoms with Crippen LogP contribution in [0.1, 0.15) is 35.3 Å². The van der Waals surface area contributed by atoms with E-state index in [1.54, 1.807) is 0 Å². The van der Waals surface area contributed by atoms with Gasteiger partial charge in [0, 0.05) is 6.54 Å². The zero-order valence-corrected chi connectivity index (χ0v) is 11.1. The largest absolute Gasteiger partial charge is 0.433 e. The summed E-state index contributed by atoms with van der Waals surface area (Å²) in [5, 5.41) is 0. The highest BCUT2D eigenvalue weighted by atomic mass is 19.4. The van der Waals surface area contributed by atoms with Crippen molar-refractivity contribution in [2.75, 3.05) is 11.4 Å². The van der Waals surface area contributed by atoms with E-state index in [0.29, 0.717) is 31.7 Å². The number of pyridine rings is 1. The van der Waals surface area contributed by atoms with Gasteiger partial charge in [0.25, 0.3) is 5.91 Å². The number of piperidine rings is 1. The molecule has 0 aromatic carbocycles. The maximum Gasteiger partial charge on any atom is 0.433 e. The van der Waals surface area contributed by atoms with Gasteiger partial charge in [0.05, 0.1) is 11.6 Å². The Morgan fingerprint density at radius 1 is 1.38 bits per heavy atom. The number of aromatic nitrogens is 1. The maximum atomic E-state index is 12.8. The minimum atomic E-state index is -4.63. The zero-order chi connectivity index (χ0) is 15.6. The number of hydrogen-bond donors (Lipinski definition) is 1. The molecule has 1 aromatic heterocycles. The predicted octanol–water partition coefficient (Wildman–Crippen LogP) is 1.76. The van der Waals surface area contributed by atoms with Gasteiger partial charge in [-0.15, -0.1) is 0 Å². The van der Waals surface area contributed by atoms with E-state index in [4.69, 9.17) is 5.73 Å². The van der Waals surface area contributed by atoms with Gasteiger partial charge in [0.2, 0.25) is 0 Å². The van der Waals surface area contributed by atoms with Gasteiger partial charge < -0.3 is 15.4 Å². The SMILES string of the molecule is NC(=O)c1ccc(C(F)(F)F)nc1N1CCCCC1C=O. The van der Waals surface area contributed by atoms with Crippen LogP contribution in [0.4, 0.5) is 19.0 Å². The number of halogens is 3. The standard InChI is InChI=1S/C13H14F3N3O2/c14-13(15,16)10-5-4-9(11(17)21)12(18-10)19-6-2-1-3-8(19)7-20/h4-5,7-8H,1-3,6H2,(H2,17,21). The van der Waals surface area contributed by atoms with Gasteiger partial charge in [0.15, 0.2) is 0 Å². The normalized spacial score (nSPS) is 19.4. The van der Waals surface area contributed by atoms with Crippen molar-refractivity contribution in [2.24, 2.45) is 5.73 Å². The third-order valence-corrected chi connectivity index (χ3v) is 3.41. The second-order valence-electron chi connectivity index (χ2n) is 4.82. The molecule has 2 rings (SSSR count). The van der Waals surface area contributed by atoms with Crippen molar-refractivity contribution in [3.8, 4) is 0 Å². The molecule has 0 bridgehead atoms. The number of amides is 1. The zero-order valence-electron chi connectivity index (χ0n) is 11.1. The molecule has 1 amide bonds. The molecular formula is C13H14F3N3O2. The summed E-state index contributed by atoms with van der Waals surface area (Å²) in [6.45, 7) is 0.359. The van der Waals surface area contributed by atoms with Crippen LogP contribution in [-0.4, -0.2) is 29.8 Å². The molecule has 1 unspecified atom stereocenters. The Morgan fingerprint density at radius 2 is 2.10 bits per heavy atom. The summed E-state index contributed by atoms with van der Waals surface area (Å²) in [6, 6.07) is 1.13. The van der Waals surface area contributed by atoms with Crippen LogP contribution in [0.3, 0.4) is 0 Å². The van der Waals surface area contributed by atoms with Crippen LogP contribution in [0.15, 0.2) is 12.1 Å². The molecule has 0 radical (unpaired) electrons. The number of carbonyl (C=O) groups excluding carboxylic acids is 2. The molecule has 0 aliphatic carbocycles. The van der Waals surface area contributed by atoms with Crippen molar-refractivity contribution in [1.29, 1.82) is 0 Å². The van der Waals surface area contributed by atoms with Gasteiger partial charge in [-0.05, 0) is 31.4 Å². The van der Waals surface area contributed by atoms with Crippen LogP contribution < -0.4 is 10.6 Å². The Morgan fingerprint density at radius 3 is 2.67 bits per heavy atom. The van der Waals surface area contributed by atoms with Crippen LogP contribution in [-0.2, 0) is 11.0 Å². The van der Waals surface area contributed by atoms with E-state index in [2.05, 4.69) is 4.98 Å². The summed E-state index contributed by atoms with van der Waals surface area (Å²) >= 11 is 0. The summed E-state index contributed by atoms with van der Waals surface area (Å²) in [5.74, 6) is -1.05. The van der Waals surface area contributed by atoms with Crippen molar-refractivity contribution in [3.63, 3.8) is 0 Å². The first-order valence-electron chi connectivity index (χ1n) is 6.44. The second-order valence-corrected chi connectivity index (χ2v) is 4.82. The molecule has 1 atom stereocenters. The van der Waals surface area contributed by atoms with Gasteiger partial charge in [-0.1, -0.05) is 0 Å². The van der Waals surface area contributed by atoms with Gasteiger partial charge in [-0.3, -0.25) is 4.79 Å². The topological polar surface area (TPSA) is 76.3 Å². The minimum absolute atomic E-state index is 0.114. The number of carbonyl (C=O) groups is 2. The lowest BCUT2D eigenvalue weighted by Gasteiger charge is -2.34. The monoisotopic (exact) mass is 301 g/mol. The summed E-state index contributed by atoms with van der Waals surface area (Å²) in [5.41, 5.74) is 3.96. The molecule has 1 saturated heterocycles. The molecule has 2 N–H and O–H groups in total. The van der Waals surface area contributed by atoms with Crippen LogP contribution in [0, 0.1) is 0 Å². The summed E-state index contributed by atoms with van der Waals surface area (Å²) in [6.07, 6.45) is -1.95. The number of nitrogens with two attached hydrogens (primary N) is 1. The molecule has 8 heteroatoms. The van der Waals surface area contributed by atoms with E-state index in [-0.39, 0.29) is 11.4 Å². The number of anilines is 1. The quantitative estimate of drug-likeness (QED) is 0.863. The van der Waals surface area contributed by atoms with E-state index in [0.717, 1.165) is 12.5 Å². The van der Waals surface area contributed by atoms with Gasteiger partial charge in [-0.2, -0.15) is 13.2 Å². The fourth-order valence-corrected chi connectivity index (χ4v) is 2.38. The van der Waals surface area contributed by atoms with Gasteiger partial charge >= 0.3 is 6.18 Å². The Bertz CT molecular complexity index is 560. The molecule has 0 spiro atoms. The van der Waals surface area contributed by atoms with Crippen molar-refractivity contribution >= 4 is 18.0 Å². The van der Waals surface area contributed by atoms with E-state index in [9.17, 15) is 22.8 Å². The first kappa shape index (κ1) is 15.3. The van der Waals surface area contributed by atoms with Crippen molar-refractivity contribution in [2.45, 2.75) is 31.5 Å². The molecule has 21 heavy (non-hydrogen) atoms. The molecule has 1 fully saturated rings. The Labute approximate surface area is 118 Å². The number of nitrogens with zero attached hydrogens (tertiary/aromatic N) is 2. The molecule has 1 aliphatic rings. The maximum absolute atomic E-state index is 12.8. The van der Waals surface area contributed by atoms with Crippen LogP contribution in [0.5, 0.6) is 0 Å². The van der Waals surface area contributed by atoms with Crippen molar-refractivity contribution in [3.05, 3.63) is 23.4 Å². The molecule has 114 valence electrons. The third-order valence-electron chi connectivity index (χ3n) is 3.41. The number of hydrogen-bond acceptors (Lipinski definition) is 4. The molecule has 1 aromatic rings. The van der Waals surface area contributed by atoms with E-state index in [1.165, 1.54) is 4.90 Å². The average Bonchev–Trinajstić information content (AvgIpc) is 2.45. The highest BCUT2D eigenvalue weighted by Gasteiger charge is 2.35. The minimum Gasteiger partial charge on any atom is -0.365 e. The van der Waals surface area contributed by atoms with Gasteiger partial charge in [0.1, 0.15) is 17.8 Å². The van der Waals surface area contributed by atoms with E-state index in [1.807, 2.05) is 0 Å². The van der Waals surface area contributed by atoms with Crippen LogP contribution >= 0.6 is 0 Å². The first-order chi connectivity index (χ1) is 9.84. The first-order valence-corrected chi connectivity index (χ1v) is 6.44. The summed E-state index contributed by atoms with van der Waals surface area (Å²) in [4.78, 5) is 27.5. The molecule has 1 aliphatic heterocycles. The molecule has 0 saturated carbocycles. The lowest BCUT2D eigenvalue weighted by molar-refractivity contribution is -0.141. The number of alkyl halides is 3. The third kappa shape index (κ3) is 3.14.